The first kappa shape index (κ1) is 27.9. The number of rotatable bonds is 6. The van der Waals surface area contributed by atoms with Crippen LogP contribution in [-0.4, -0.2) is 35.2 Å². The zero-order valence-corrected chi connectivity index (χ0v) is 26.1. The number of imide groups is 1. The van der Waals surface area contributed by atoms with Crippen LogP contribution in [0.5, 0.6) is 0 Å². The number of ketones is 1. The normalized spacial score (nSPS) is 22.2. The minimum atomic E-state index is -0.646. The zero-order valence-electron chi connectivity index (χ0n) is 22.9. The Labute approximate surface area is 264 Å². The number of amides is 2. The van der Waals surface area contributed by atoms with E-state index in [2.05, 4.69) is 44.9 Å². The van der Waals surface area contributed by atoms with Gasteiger partial charge >= 0.3 is 5.97 Å². The van der Waals surface area contributed by atoms with E-state index in [4.69, 9.17) is 9.72 Å². The average Bonchev–Trinajstić information content (AvgIpc) is 3.65. The number of halogens is 2. The van der Waals surface area contributed by atoms with Crippen molar-refractivity contribution in [1.82, 2.24) is 4.98 Å². The van der Waals surface area contributed by atoms with Gasteiger partial charge in [0.1, 0.15) is 0 Å². The van der Waals surface area contributed by atoms with Gasteiger partial charge in [-0.15, -0.1) is 0 Å². The molecule has 43 heavy (non-hydrogen) atoms. The number of benzene rings is 3. The van der Waals surface area contributed by atoms with Gasteiger partial charge in [-0.2, -0.15) is 0 Å². The third kappa shape index (κ3) is 4.75. The molecule has 3 aliphatic rings. The molecule has 1 saturated heterocycles. The number of Topliss-reactive ketones (excluding diaryl/α,β-unsaturated/α-hetero) is 1. The van der Waals surface area contributed by atoms with Crippen molar-refractivity contribution < 1.29 is 23.9 Å². The maximum absolute atomic E-state index is 13.4. The second kappa shape index (κ2) is 10.6. The Bertz CT molecular complexity index is 1880. The van der Waals surface area contributed by atoms with Crippen molar-refractivity contribution in [2.45, 2.75) is 13.3 Å². The molecule has 1 aromatic heterocycles. The summed E-state index contributed by atoms with van der Waals surface area (Å²) in [6.45, 7) is 1.65. The van der Waals surface area contributed by atoms with E-state index in [0.29, 0.717) is 33.4 Å². The Kier molecular flexibility index (Phi) is 6.90. The van der Waals surface area contributed by atoms with Crippen molar-refractivity contribution in [3.05, 3.63) is 105 Å². The summed E-state index contributed by atoms with van der Waals surface area (Å²) in [4.78, 5) is 58.8. The lowest BCUT2D eigenvalue weighted by Crippen LogP contribution is -2.32. The van der Waals surface area contributed by atoms with Gasteiger partial charge in [-0.05, 0) is 73.7 Å². The minimum absolute atomic E-state index is 0.125. The third-order valence-corrected chi connectivity index (χ3v) is 9.82. The number of aromatic nitrogens is 1. The van der Waals surface area contributed by atoms with Crippen molar-refractivity contribution in [1.29, 1.82) is 0 Å². The minimum Gasteiger partial charge on any atom is -0.454 e. The Hall–Kier alpha value is -3.95. The summed E-state index contributed by atoms with van der Waals surface area (Å²) in [7, 11) is 0. The molecule has 0 radical (unpaired) electrons. The number of carbonyl (C=O) groups excluding carboxylic acids is 4. The number of hydrogen-bond donors (Lipinski definition) is 0. The number of esters is 1. The van der Waals surface area contributed by atoms with Crippen LogP contribution in [0.2, 0.25) is 0 Å². The predicted octanol–water partition coefficient (Wildman–Crippen LogP) is 7.17. The molecule has 2 fully saturated rings. The number of carbonyl (C=O) groups is 4. The quantitative estimate of drug-likeness (QED) is 0.0917. The number of anilines is 1. The van der Waals surface area contributed by atoms with Gasteiger partial charge in [-0.25, -0.2) is 9.78 Å². The van der Waals surface area contributed by atoms with Crippen LogP contribution in [0.25, 0.3) is 22.2 Å². The molecule has 214 valence electrons. The fraction of sp³-hybridized carbons (Fsp3) is 0.206. The standard InChI is InChI=1S/C34H24Br2N2O5/c1-17-12-20-13-24(17)31-30(20)32(40)38(33(31)41)23-9-4-18(5-10-23)28-15-26(25-14-22(36)8-11-27(25)37-28)34(42)43-16-29(39)19-2-6-21(35)7-3-19/h2-12,14-15,20,24,30-31H,13,16H2,1H3. The van der Waals surface area contributed by atoms with Gasteiger partial charge < -0.3 is 4.74 Å². The Morgan fingerprint density at radius 3 is 2.35 bits per heavy atom. The summed E-state index contributed by atoms with van der Waals surface area (Å²) in [5, 5.41) is 0.578. The van der Waals surface area contributed by atoms with Crippen molar-refractivity contribution in [2.24, 2.45) is 23.7 Å². The second-order valence-corrected chi connectivity index (χ2v) is 13.1. The molecule has 1 aliphatic heterocycles. The topological polar surface area (TPSA) is 93.6 Å². The highest BCUT2D eigenvalue weighted by molar-refractivity contribution is 9.10. The van der Waals surface area contributed by atoms with Crippen molar-refractivity contribution in [3.8, 4) is 11.3 Å². The van der Waals surface area contributed by atoms with E-state index in [9.17, 15) is 19.2 Å². The molecule has 3 aromatic carbocycles. The highest BCUT2D eigenvalue weighted by Gasteiger charge is 2.60. The molecular weight excluding hydrogens is 676 g/mol. The summed E-state index contributed by atoms with van der Waals surface area (Å²) in [5.74, 6) is -1.46. The van der Waals surface area contributed by atoms with E-state index >= 15 is 0 Å². The maximum atomic E-state index is 13.4. The highest BCUT2D eigenvalue weighted by Crippen LogP contribution is 2.56. The number of ether oxygens (including phenoxy) is 1. The van der Waals surface area contributed by atoms with Crippen molar-refractivity contribution in [2.75, 3.05) is 11.5 Å². The summed E-state index contributed by atoms with van der Waals surface area (Å²) in [5.41, 5.74) is 4.24. The SMILES string of the molecule is CC1=CC2CC1C1C(=O)N(c3ccc(-c4cc(C(=O)OCC(=O)c5ccc(Br)cc5)c5cc(Br)ccc5n4)cc3)C(=O)C21. The van der Waals surface area contributed by atoms with Crippen LogP contribution in [0.3, 0.4) is 0 Å². The van der Waals surface area contributed by atoms with Crippen molar-refractivity contribution in [3.63, 3.8) is 0 Å². The van der Waals surface area contributed by atoms with Crippen molar-refractivity contribution >= 4 is 72.0 Å². The van der Waals surface area contributed by atoms with Crippen LogP contribution in [0.4, 0.5) is 5.69 Å². The molecule has 1 saturated carbocycles. The fourth-order valence-electron chi connectivity index (χ4n) is 6.75. The zero-order chi connectivity index (χ0) is 30.0. The second-order valence-electron chi connectivity index (χ2n) is 11.2. The monoisotopic (exact) mass is 698 g/mol. The molecule has 4 atom stereocenters. The van der Waals surface area contributed by atoms with Gasteiger partial charge in [0.15, 0.2) is 12.4 Å². The molecule has 0 spiro atoms. The first-order valence-electron chi connectivity index (χ1n) is 13.9. The van der Waals surface area contributed by atoms with E-state index in [1.807, 2.05) is 6.07 Å². The lowest BCUT2D eigenvalue weighted by molar-refractivity contribution is -0.123. The van der Waals surface area contributed by atoms with E-state index in [-0.39, 0.29) is 46.8 Å². The Morgan fingerprint density at radius 1 is 0.907 bits per heavy atom. The number of allylic oxidation sites excluding steroid dienone is 2. The predicted molar refractivity (Wildman–Crippen MR) is 168 cm³/mol. The number of nitrogens with zero attached hydrogens (tertiary/aromatic N) is 2. The molecule has 4 aromatic rings. The molecule has 7 rings (SSSR count). The van der Waals surface area contributed by atoms with E-state index in [0.717, 1.165) is 15.4 Å². The molecular formula is C34H24Br2N2O5. The van der Waals surface area contributed by atoms with Gasteiger partial charge in [0.05, 0.1) is 34.3 Å². The molecule has 2 amide bonds. The lowest BCUT2D eigenvalue weighted by atomic mass is 9.82. The summed E-state index contributed by atoms with van der Waals surface area (Å²) in [6, 6.07) is 21.0. The average molecular weight is 700 g/mol. The smallest absolute Gasteiger partial charge is 0.339 e. The third-order valence-electron chi connectivity index (χ3n) is 8.79. The molecule has 2 aliphatic carbocycles. The van der Waals surface area contributed by atoms with Gasteiger partial charge in [-0.1, -0.05) is 67.8 Å². The van der Waals surface area contributed by atoms with E-state index < -0.39 is 12.6 Å². The van der Waals surface area contributed by atoms with Gasteiger partial charge in [0.2, 0.25) is 11.8 Å². The molecule has 9 heteroatoms. The maximum Gasteiger partial charge on any atom is 0.339 e. The molecule has 2 bridgehead atoms. The van der Waals surface area contributed by atoms with Crippen LogP contribution in [0.15, 0.2) is 93.4 Å². The van der Waals surface area contributed by atoms with Crippen LogP contribution >= 0.6 is 31.9 Å². The van der Waals surface area contributed by atoms with Gasteiger partial charge in [-0.3, -0.25) is 19.3 Å². The lowest BCUT2D eigenvalue weighted by Gasteiger charge is -2.19. The fourth-order valence-corrected chi connectivity index (χ4v) is 7.38. The molecule has 4 unspecified atom stereocenters. The number of pyridine rings is 1. The van der Waals surface area contributed by atoms with Gasteiger partial charge in [0.25, 0.3) is 0 Å². The number of fused-ring (bicyclic) bond motifs is 6. The largest absolute Gasteiger partial charge is 0.454 e. The van der Waals surface area contributed by atoms with E-state index in [1.54, 1.807) is 66.7 Å². The molecule has 7 nitrogen and oxygen atoms in total. The first-order chi connectivity index (χ1) is 20.7. The van der Waals surface area contributed by atoms with Crippen LogP contribution in [0.1, 0.15) is 34.1 Å². The Morgan fingerprint density at radius 2 is 1.60 bits per heavy atom. The van der Waals surface area contributed by atoms with Crippen LogP contribution in [0, 0.1) is 23.7 Å². The van der Waals surface area contributed by atoms with Gasteiger partial charge in [0, 0.05) is 25.5 Å². The first-order valence-corrected chi connectivity index (χ1v) is 15.5. The summed E-state index contributed by atoms with van der Waals surface area (Å²) in [6.07, 6.45) is 3.05. The molecule has 0 N–H and O–H groups in total. The molecule has 2 heterocycles. The summed E-state index contributed by atoms with van der Waals surface area (Å²) >= 11 is 6.81. The van der Waals surface area contributed by atoms with E-state index in [1.165, 1.54) is 10.5 Å². The highest BCUT2D eigenvalue weighted by atomic mass is 79.9. The Balaban J connectivity index is 1.16. The van der Waals surface area contributed by atoms with Crippen LogP contribution in [-0.2, 0) is 14.3 Å². The summed E-state index contributed by atoms with van der Waals surface area (Å²) < 4.78 is 7.07. The number of hydrogen-bond acceptors (Lipinski definition) is 6. The van der Waals surface area contributed by atoms with Crippen LogP contribution < -0.4 is 4.90 Å².